The van der Waals surface area contributed by atoms with Crippen molar-refractivity contribution in [2.75, 3.05) is 11.4 Å². The molecule has 1 heterocycles. The van der Waals surface area contributed by atoms with E-state index in [4.69, 9.17) is 23.2 Å². The van der Waals surface area contributed by atoms with Gasteiger partial charge in [-0.25, -0.2) is 0 Å². The van der Waals surface area contributed by atoms with Gasteiger partial charge in [-0.2, -0.15) is 0 Å². The lowest BCUT2D eigenvalue weighted by Crippen LogP contribution is -2.27. The van der Waals surface area contributed by atoms with Gasteiger partial charge in [0, 0.05) is 28.9 Å². The second-order valence-electron chi connectivity index (χ2n) is 4.06. The molecule has 1 nitrogen and oxygen atoms in total. The van der Waals surface area contributed by atoms with Crippen LogP contribution in [0.25, 0.3) is 0 Å². The smallest absolute Gasteiger partial charge is 0.0509 e. The molecule has 1 unspecified atom stereocenters. The second-order valence-corrected chi connectivity index (χ2v) is 4.73. The Morgan fingerprint density at radius 1 is 1.47 bits per heavy atom. The molecule has 0 radical (unpaired) electrons. The van der Waals surface area contributed by atoms with Crippen LogP contribution in [0.15, 0.2) is 18.2 Å². The lowest BCUT2D eigenvalue weighted by atomic mass is 10.1. The van der Waals surface area contributed by atoms with E-state index in [-0.39, 0.29) is 0 Å². The third-order valence-electron chi connectivity index (χ3n) is 3.09. The Bertz CT molecular complexity index is 351. The zero-order chi connectivity index (χ0) is 10.8. The molecule has 0 bridgehead atoms. The molecule has 0 saturated carbocycles. The molecule has 3 heteroatoms. The summed E-state index contributed by atoms with van der Waals surface area (Å²) in [7, 11) is 0. The number of anilines is 1. The van der Waals surface area contributed by atoms with Gasteiger partial charge in [0.15, 0.2) is 0 Å². The minimum absolute atomic E-state index is 0.484. The van der Waals surface area contributed by atoms with Gasteiger partial charge in [0.2, 0.25) is 0 Å². The first-order chi connectivity index (χ1) is 7.24. The highest BCUT2D eigenvalue weighted by Gasteiger charge is 2.22. The average Bonchev–Trinajstić information content (AvgIpc) is 2.64. The summed E-state index contributed by atoms with van der Waals surface area (Å²) >= 11 is 12.1. The first kappa shape index (κ1) is 11.1. The molecular formula is C12H15Cl2N. The van der Waals surface area contributed by atoms with Crippen molar-refractivity contribution in [1.29, 1.82) is 0 Å². The van der Waals surface area contributed by atoms with Crippen LogP contribution in [0, 0.1) is 0 Å². The Balaban J connectivity index is 2.38. The van der Waals surface area contributed by atoms with E-state index in [0.717, 1.165) is 17.1 Å². The molecule has 0 amide bonds. The van der Waals surface area contributed by atoms with Crippen LogP contribution in [-0.4, -0.2) is 12.6 Å². The van der Waals surface area contributed by atoms with Crippen molar-refractivity contribution in [1.82, 2.24) is 0 Å². The van der Waals surface area contributed by atoms with E-state index < -0.39 is 0 Å². The molecule has 1 aromatic rings. The third-order valence-corrected chi connectivity index (χ3v) is 3.71. The molecule has 1 fully saturated rings. The van der Waals surface area contributed by atoms with Crippen molar-refractivity contribution < 1.29 is 0 Å². The standard InChI is InChI=1S/C12H15Cl2N/c1-9-4-3-7-15(9)12-6-2-5-11(14)10(12)8-13/h2,5-6,9H,3-4,7-8H2,1H3. The van der Waals surface area contributed by atoms with Crippen LogP contribution in [0.5, 0.6) is 0 Å². The number of alkyl halides is 1. The fraction of sp³-hybridized carbons (Fsp3) is 0.500. The Morgan fingerprint density at radius 2 is 2.27 bits per heavy atom. The summed E-state index contributed by atoms with van der Waals surface area (Å²) in [6.45, 7) is 3.37. The molecule has 2 rings (SSSR count). The van der Waals surface area contributed by atoms with Gasteiger partial charge < -0.3 is 4.90 Å². The van der Waals surface area contributed by atoms with Gasteiger partial charge in [0.25, 0.3) is 0 Å². The van der Waals surface area contributed by atoms with Gasteiger partial charge >= 0.3 is 0 Å². The highest BCUT2D eigenvalue weighted by atomic mass is 35.5. The summed E-state index contributed by atoms with van der Waals surface area (Å²) in [5, 5.41) is 0.779. The molecule has 0 aliphatic carbocycles. The maximum absolute atomic E-state index is 6.14. The quantitative estimate of drug-likeness (QED) is 0.709. The van der Waals surface area contributed by atoms with Gasteiger partial charge in [0.1, 0.15) is 0 Å². The third kappa shape index (κ3) is 2.09. The number of nitrogens with zero attached hydrogens (tertiary/aromatic N) is 1. The van der Waals surface area contributed by atoms with E-state index in [1.54, 1.807) is 0 Å². The first-order valence-electron chi connectivity index (χ1n) is 5.34. The van der Waals surface area contributed by atoms with Crippen LogP contribution >= 0.6 is 23.2 Å². The maximum Gasteiger partial charge on any atom is 0.0509 e. The minimum atomic E-state index is 0.484. The summed E-state index contributed by atoms with van der Waals surface area (Å²) in [5.41, 5.74) is 2.28. The average molecular weight is 244 g/mol. The van der Waals surface area contributed by atoms with Crippen LogP contribution in [-0.2, 0) is 5.88 Å². The van der Waals surface area contributed by atoms with Crippen LogP contribution in [0.1, 0.15) is 25.3 Å². The normalized spacial score (nSPS) is 21.0. The molecule has 82 valence electrons. The van der Waals surface area contributed by atoms with Crippen LogP contribution in [0.4, 0.5) is 5.69 Å². The van der Waals surface area contributed by atoms with Crippen molar-refractivity contribution in [3.8, 4) is 0 Å². The Kier molecular flexibility index (Phi) is 3.42. The zero-order valence-electron chi connectivity index (χ0n) is 8.84. The van der Waals surface area contributed by atoms with Gasteiger partial charge in [-0.1, -0.05) is 17.7 Å². The van der Waals surface area contributed by atoms with Gasteiger partial charge in [0.05, 0.1) is 5.88 Å². The van der Waals surface area contributed by atoms with Gasteiger partial charge in [-0.05, 0) is 31.9 Å². The van der Waals surface area contributed by atoms with Crippen molar-refractivity contribution in [3.05, 3.63) is 28.8 Å². The molecule has 1 atom stereocenters. The molecule has 0 spiro atoms. The van der Waals surface area contributed by atoms with E-state index in [1.807, 2.05) is 12.1 Å². The first-order valence-corrected chi connectivity index (χ1v) is 6.25. The number of hydrogen-bond acceptors (Lipinski definition) is 1. The molecule has 0 aromatic heterocycles. The van der Waals surface area contributed by atoms with E-state index in [1.165, 1.54) is 18.5 Å². The Hall–Kier alpha value is -0.400. The predicted octanol–water partition coefficient (Wildman–Crippen LogP) is 4.07. The highest BCUT2D eigenvalue weighted by Crippen LogP contribution is 2.33. The Morgan fingerprint density at radius 3 is 2.87 bits per heavy atom. The SMILES string of the molecule is CC1CCCN1c1cccc(Cl)c1CCl. The van der Waals surface area contributed by atoms with Crippen LogP contribution in [0.3, 0.4) is 0 Å². The summed E-state index contributed by atoms with van der Waals surface area (Å²) in [5.74, 6) is 0.484. The number of benzene rings is 1. The molecule has 15 heavy (non-hydrogen) atoms. The van der Waals surface area contributed by atoms with E-state index in [2.05, 4.69) is 17.9 Å². The van der Waals surface area contributed by atoms with Gasteiger partial charge in [-0.15, -0.1) is 11.6 Å². The van der Waals surface area contributed by atoms with Crippen LogP contribution in [0.2, 0.25) is 5.02 Å². The van der Waals surface area contributed by atoms with Crippen molar-refractivity contribution >= 4 is 28.9 Å². The lowest BCUT2D eigenvalue weighted by molar-refractivity contribution is 0.733. The molecule has 0 N–H and O–H groups in total. The number of rotatable bonds is 2. The molecular weight excluding hydrogens is 229 g/mol. The monoisotopic (exact) mass is 243 g/mol. The van der Waals surface area contributed by atoms with E-state index in [0.29, 0.717) is 11.9 Å². The topological polar surface area (TPSA) is 3.24 Å². The molecule has 1 aliphatic rings. The second kappa shape index (κ2) is 4.63. The predicted molar refractivity (Wildman–Crippen MR) is 67.1 cm³/mol. The zero-order valence-corrected chi connectivity index (χ0v) is 10.4. The minimum Gasteiger partial charge on any atom is -0.369 e. The summed E-state index contributed by atoms with van der Waals surface area (Å²) in [4.78, 5) is 2.41. The summed E-state index contributed by atoms with van der Waals surface area (Å²) in [6, 6.07) is 6.62. The van der Waals surface area contributed by atoms with Crippen molar-refractivity contribution in [3.63, 3.8) is 0 Å². The summed E-state index contributed by atoms with van der Waals surface area (Å²) in [6.07, 6.45) is 2.52. The molecule has 1 aliphatic heterocycles. The van der Waals surface area contributed by atoms with Crippen molar-refractivity contribution in [2.45, 2.75) is 31.7 Å². The fourth-order valence-electron chi connectivity index (χ4n) is 2.24. The maximum atomic E-state index is 6.14. The van der Waals surface area contributed by atoms with E-state index >= 15 is 0 Å². The van der Waals surface area contributed by atoms with E-state index in [9.17, 15) is 0 Å². The Labute approximate surface area is 101 Å². The number of hydrogen-bond donors (Lipinski definition) is 0. The summed E-state index contributed by atoms with van der Waals surface area (Å²) < 4.78 is 0. The number of halogens is 2. The van der Waals surface area contributed by atoms with Gasteiger partial charge in [-0.3, -0.25) is 0 Å². The largest absolute Gasteiger partial charge is 0.369 e. The fourth-order valence-corrected chi connectivity index (χ4v) is 2.83. The lowest BCUT2D eigenvalue weighted by Gasteiger charge is -2.26. The van der Waals surface area contributed by atoms with Crippen molar-refractivity contribution in [2.24, 2.45) is 0 Å². The molecule has 1 aromatic carbocycles. The molecule has 1 saturated heterocycles. The van der Waals surface area contributed by atoms with Crippen LogP contribution < -0.4 is 4.90 Å². The highest BCUT2D eigenvalue weighted by molar-refractivity contribution is 6.32.